The molecule has 128 valence electrons. The fourth-order valence-corrected chi connectivity index (χ4v) is 3.24. The molecule has 0 aliphatic carbocycles. The van der Waals surface area contributed by atoms with Crippen LogP contribution in [0.15, 0.2) is 42.5 Å². The summed E-state index contributed by atoms with van der Waals surface area (Å²) in [5.74, 6) is -0.00380. The summed E-state index contributed by atoms with van der Waals surface area (Å²) in [6, 6.07) is 12.0. The van der Waals surface area contributed by atoms with E-state index in [9.17, 15) is 9.59 Å². The first kappa shape index (κ1) is 17.2. The maximum absolute atomic E-state index is 12.0. The van der Waals surface area contributed by atoms with Crippen molar-refractivity contribution in [3.8, 4) is 5.75 Å². The van der Waals surface area contributed by atoms with Crippen molar-refractivity contribution < 1.29 is 14.3 Å². The van der Waals surface area contributed by atoms with Crippen molar-refractivity contribution in [2.45, 2.75) is 0 Å². The lowest BCUT2D eigenvalue weighted by atomic mass is 10.2. The van der Waals surface area contributed by atoms with Gasteiger partial charge in [-0.25, -0.2) is 4.98 Å². The van der Waals surface area contributed by atoms with E-state index in [4.69, 9.17) is 16.3 Å². The Morgan fingerprint density at radius 1 is 1.24 bits per heavy atom. The molecule has 3 rings (SSSR count). The largest absolute Gasteiger partial charge is 0.497 e. The lowest BCUT2D eigenvalue weighted by molar-refractivity contribution is -0.115. The SMILES string of the molecule is COc1ccc2nc(NC(=O)CNC(=O)c3cccc(Cl)c3)sc2c1. The summed E-state index contributed by atoms with van der Waals surface area (Å²) in [5, 5.41) is 6.14. The van der Waals surface area contributed by atoms with E-state index in [-0.39, 0.29) is 18.4 Å². The highest BCUT2D eigenvalue weighted by Gasteiger charge is 2.11. The number of rotatable bonds is 5. The second-order valence-electron chi connectivity index (χ2n) is 5.09. The highest BCUT2D eigenvalue weighted by molar-refractivity contribution is 7.22. The number of carbonyl (C=O) groups excluding carboxylic acids is 2. The monoisotopic (exact) mass is 375 g/mol. The fourth-order valence-electron chi connectivity index (χ4n) is 2.14. The number of halogens is 1. The van der Waals surface area contributed by atoms with Crippen molar-refractivity contribution in [3.63, 3.8) is 0 Å². The molecule has 3 aromatic rings. The number of aromatic nitrogens is 1. The number of thiazole rings is 1. The summed E-state index contributed by atoms with van der Waals surface area (Å²) in [5.41, 5.74) is 1.16. The molecule has 0 spiro atoms. The highest BCUT2D eigenvalue weighted by Crippen LogP contribution is 2.29. The third-order valence-corrected chi connectivity index (χ3v) is 4.51. The van der Waals surface area contributed by atoms with Gasteiger partial charge in [-0.15, -0.1) is 0 Å². The van der Waals surface area contributed by atoms with Crippen molar-refractivity contribution in [1.82, 2.24) is 10.3 Å². The number of carbonyl (C=O) groups is 2. The molecule has 0 aliphatic rings. The van der Waals surface area contributed by atoms with Crippen molar-refractivity contribution in [2.75, 3.05) is 19.0 Å². The molecule has 0 radical (unpaired) electrons. The smallest absolute Gasteiger partial charge is 0.251 e. The Labute approximate surface area is 152 Å². The number of anilines is 1. The van der Waals surface area contributed by atoms with Gasteiger partial charge < -0.3 is 15.4 Å². The molecule has 1 heterocycles. The molecule has 1 aromatic heterocycles. The summed E-state index contributed by atoms with van der Waals surface area (Å²) < 4.78 is 6.06. The summed E-state index contributed by atoms with van der Waals surface area (Å²) >= 11 is 7.18. The van der Waals surface area contributed by atoms with Gasteiger partial charge >= 0.3 is 0 Å². The maximum Gasteiger partial charge on any atom is 0.251 e. The zero-order valence-electron chi connectivity index (χ0n) is 13.2. The first-order valence-electron chi connectivity index (χ1n) is 7.33. The second kappa shape index (κ2) is 7.50. The molecule has 0 atom stereocenters. The van der Waals surface area contributed by atoms with E-state index >= 15 is 0 Å². The van der Waals surface area contributed by atoms with E-state index in [1.807, 2.05) is 12.1 Å². The Morgan fingerprint density at radius 2 is 2.08 bits per heavy atom. The van der Waals surface area contributed by atoms with Crippen LogP contribution in [-0.4, -0.2) is 30.5 Å². The standard InChI is InChI=1S/C17H14ClN3O3S/c1-24-12-5-6-13-14(8-12)25-17(20-13)21-15(22)9-19-16(23)10-3-2-4-11(18)7-10/h2-8H,9H2,1H3,(H,19,23)(H,20,21,22). The average Bonchev–Trinajstić information content (AvgIpc) is 3.00. The summed E-state index contributed by atoms with van der Waals surface area (Å²) in [4.78, 5) is 28.3. The van der Waals surface area contributed by atoms with Crippen LogP contribution < -0.4 is 15.4 Å². The van der Waals surface area contributed by atoms with Gasteiger partial charge in [0.2, 0.25) is 5.91 Å². The second-order valence-corrected chi connectivity index (χ2v) is 6.56. The molecule has 0 saturated carbocycles. The van der Waals surface area contributed by atoms with Gasteiger partial charge in [0, 0.05) is 10.6 Å². The van der Waals surface area contributed by atoms with Gasteiger partial charge in [-0.1, -0.05) is 29.0 Å². The zero-order chi connectivity index (χ0) is 17.8. The number of nitrogens with zero attached hydrogens (tertiary/aromatic N) is 1. The highest BCUT2D eigenvalue weighted by atomic mass is 35.5. The topological polar surface area (TPSA) is 80.3 Å². The van der Waals surface area contributed by atoms with Crippen LogP contribution >= 0.6 is 22.9 Å². The minimum Gasteiger partial charge on any atom is -0.497 e. The molecule has 2 N–H and O–H groups in total. The van der Waals surface area contributed by atoms with Crippen LogP contribution in [0, 0.1) is 0 Å². The van der Waals surface area contributed by atoms with E-state index < -0.39 is 0 Å². The van der Waals surface area contributed by atoms with Crippen molar-refractivity contribution in [2.24, 2.45) is 0 Å². The number of hydrogen-bond donors (Lipinski definition) is 2. The van der Waals surface area contributed by atoms with E-state index in [0.29, 0.717) is 15.7 Å². The molecular formula is C17H14ClN3O3S. The molecule has 0 saturated heterocycles. The number of fused-ring (bicyclic) bond motifs is 1. The molecule has 0 bridgehead atoms. The summed E-state index contributed by atoms with van der Waals surface area (Å²) in [6.45, 7) is -0.162. The predicted octanol–water partition coefficient (Wildman–Crippen LogP) is 3.33. The van der Waals surface area contributed by atoms with Crippen LogP contribution in [-0.2, 0) is 4.79 Å². The number of methoxy groups -OCH3 is 1. The average molecular weight is 376 g/mol. The Hall–Kier alpha value is -2.64. The van der Waals surface area contributed by atoms with Gasteiger partial charge in [-0.2, -0.15) is 0 Å². The van der Waals surface area contributed by atoms with E-state index in [2.05, 4.69) is 15.6 Å². The lowest BCUT2D eigenvalue weighted by Gasteiger charge is -2.05. The summed E-state index contributed by atoms with van der Waals surface area (Å²) in [7, 11) is 1.59. The van der Waals surface area contributed by atoms with Crippen molar-refractivity contribution in [3.05, 3.63) is 53.1 Å². The van der Waals surface area contributed by atoms with Crippen molar-refractivity contribution >= 4 is 50.1 Å². The van der Waals surface area contributed by atoms with Crippen LogP contribution in [0.1, 0.15) is 10.4 Å². The molecule has 25 heavy (non-hydrogen) atoms. The molecule has 6 nitrogen and oxygen atoms in total. The quantitative estimate of drug-likeness (QED) is 0.716. The fraction of sp³-hybridized carbons (Fsp3) is 0.118. The van der Waals surface area contributed by atoms with Crippen LogP contribution in [0.25, 0.3) is 10.2 Å². The Kier molecular flexibility index (Phi) is 5.16. The van der Waals surface area contributed by atoms with E-state index in [0.717, 1.165) is 16.0 Å². The van der Waals surface area contributed by atoms with Gasteiger partial charge in [0.1, 0.15) is 5.75 Å². The van der Waals surface area contributed by atoms with Crippen LogP contribution in [0.4, 0.5) is 5.13 Å². The number of hydrogen-bond acceptors (Lipinski definition) is 5. The molecular weight excluding hydrogens is 362 g/mol. The van der Waals surface area contributed by atoms with Gasteiger partial charge in [0.25, 0.3) is 5.91 Å². The third kappa shape index (κ3) is 4.26. The van der Waals surface area contributed by atoms with Gasteiger partial charge in [-0.3, -0.25) is 9.59 Å². The number of ether oxygens (including phenoxy) is 1. The third-order valence-electron chi connectivity index (χ3n) is 3.34. The predicted molar refractivity (Wildman–Crippen MR) is 98.6 cm³/mol. The summed E-state index contributed by atoms with van der Waals surface area (Å²) in [6.07, 6.45) is 0. The molecule has 0 fully saturated rings. The van der Waals surface area contributed by atoms with Gasteiger partial charge in [0.05, 0.1) is 23.9 Å². The number of benzene rings is 2. The van der Waals surface area contributed by atoms with Gasteiger partial charge in [-0.05, 0) is 36.4 Å². The van der Waals surface area contributed by atoms with Crippen LogP contribution in [0.5, 0.6) is 5.75 Å². The number of nitrogens with one attached hydrogen (secondary N) is 2. The van der Waals surface area contributed by atoms with Crippen LogP contribution in [0.2, 0.25) is 5.02 Å². The first-order valence-corrected chi connectivity index (χ1v) is 8.53. The van der Waals surface area contributed by atoms with Gasteiger partial charge in [0.15, 0.2) is 5.13 Å². The zero-order valence-corrected chi connectivity index (χ0v) is 14.8. The molecule has 0 unspecified atom stereocenters. The Morgan fingerprint density at radius 3 is 2.84 bits per heavy atom. The first-order chi connectivity index (χ1) is 12.0. The maximum atomic E-state index is 12.0. The van der Waals surface area contributed by atoms with E-state index in [1.165, 1.54) is 17.4 Å². The Balaban J connectivity index is 1.60. The lowest BCUT2D eigenvalue weighted by Crippen LogP contribution is -2.32. The van der Waals surface area contributed by atoms with Crippen LogP contribution in [0.3, 0.4) is 0 Å². The molecule has 2 aromatic carbocycles. The normalized spacial score (nSPS) is 10.5. The van der Waals surface area contributed by atoms with Crippen molar-refractivity contribution in [1.29, 1.82) is 0 Å². The minimum absolute atomic E-state index is 0.162. The number of amides is 2. The molecule has 8 heteroatoms. The minimum atomic E-state index is -0.369. The molecule has 0 aliphatic heterocycles. The van der Waals surface area contributed by atoms with E-state index in [1.54, 1.807) is 31.4 Å². The molecule has 2 amide bonds. The Bertz CT molecular complexity index is 942.